The molecule has 0 saturated carbocycles. The van der Waals surface area contributed by atoms with Crippen LogP contribution in [-0.4, -0.2) is 30.0 Å². The molecule has 1 aromatic heterocycles. The zero-order valence-corrected chi connectivity index (χ0v) is 12.8. The summed E-state index contributed by atoms with van der Waals surface area (Å²) in [6.45, 7) is 1.68. The predicted octanol–water partition coefficient (Wildman–Crippen LogP) is 2.79. The van der Waals surface area contributed by atoms with Crippen LogP contribution in [0.3, 0.4) is 0 Å². The van der Waals surface area contributed by atoms with E-state index in [0.717, 1.165) is 6.20 Å². The molecule has 0 N–H and O–H groups in total. The maximum absolute atomic E-state index is 12.5. The van der Waals surface area contributed by atoms with Gasteiger partial charge in [-0.05, 0) is 12.0 Å². The molecule has 1 unspecified atom stereocenters. The van der Waals surface area contributed by atoms with Crippen LogP contribution in [-0.2, 0) is 9.84 Å². The molecule has 21 heavy (non-hydrogen) atoms. The molecular formula is C13H13ClN2O4S. The minimum atomic E-state index is -3.84. The Morgan fingerprint density at radius 3 is 2.67 bits per heavy atom. The fraction of sp³-hybridized carbons (Fsp3) is 0.308. The molecule has 0 aliphatic rings. The van der Waals surface area contributed by atoms with Crippen molar-refractivity contribution < 1.29 is 13.3 Å². The summed E-state index contributed by atoms with van der Waals surface area (Å²) in [5, 5.41) is 11.4. The third-order valence-electron chi connectivity index (χ3n) is 2.98. The van der Waals surface area contributed by atoms with E-state index in [9.17, 15) is 18.5 Å². The smallest absolute Gasteiger partial charge is 0.258 e. The second kappa shape index (κ2) is 5.95. The van der Waals surface area contributed by atoms with Crippen LogP contribution in [0.15, 0.2) is 35.4 Å². The number of nitro groups is 1. The molecule has 1 heterocycles. The van der Waals surface area contributed by atoms with Crippen LogP contribution in [0.1, 0.15) is 6.92 Å². The third kappa shape index (κ3) is 3.14. The maximum Gasteiger partial charge on any atom is 0.306 e. The zero-order chi connectivity index (χ0) is 15.6. The summed E-state index contributed by atoms with van der Waals surface area (Å²) in [4.78, 5) is 14.1. The minimum absolute atomic E-state index is 0.163. The molecule has 0 fully saturated rings. The molecule has 1 aromatic carbocycles. The first-order valence-electron chi connectivity index (χ1n) is 6.17. The number of alkyl halides is 1. The summed E-state index contributed by atoms with van der Waals surface area (Å²) in [6, 6.07) is 6.45. The maximum atomic E-state index is 12.5. The predicted molar refractivity (Wildman–Crippen MR) is 80.3 cm³/mol. The molecule has 2 rings (SSSR count). The van der Waals surface area contributed by atoms with Crippen molar-refractivity contribution >= 4 is 38.0 Å². The number of nitrogens with zero attached hydrogens (tertiary/aromatic N) is 2. The lowest BCUT2D eigenvalue weighted by Gasteiger charge is -2.11. The summed E-state index contributed by atoms with van der Waals surface area (Å²) in [7, 11) is -3.84. The number of aromatic nitrogens is 1. The van der Waals surface area contributed by atoms with Gasteiger partial charge in [0, 0.05) is 11.3 Å². The van der Waals surface area contributed by atoms with Crippen molar-refractivity contribution in [2.45, 2.75) is 11.8 Å². The molecular weight excluding hydrogens is 316 g/mol. The van der Waals surface area contributed by atoms with E-state index in [4.69, 9.17) is 11.6 Å². The van der Waals surface area contributed by atoms with Gasteiger partial charge in [-0.15, -0.1) is 11.6 Å². The van der Waals surface area contributed by atoms with Crippen molar-refractivity contribution in [2.24, 2.45) is 5.92 Å². The third-order valence-corrected chi connectivity index (χ3v) is 5.57. The lowest BCUT2D eigenvalue weighted by Crippen LogP contribution is -2.17. The number of hydrogen-bond acceptors (Lipinski definition) is 5. The van der Waals surface area contributed by atoms with E-state index in [-0.39, 0.29) is 27.8 Å². The van der Waals surface area contributed by atoms with Gasteiger partial charge in [0.1, 0.15) is 6.20 Å². The molecule has 1 atom stereocenters. The lowest BCUT2D eigenvalue weighted by molar-refractivity contribution is -0.387. The van der Waals surface area contributed by atoms with Gasteiger partial charge in [0.25, 0.3) is 0 Å². The van der Waals surface area contributed by atoms with Gasteiger partial charge >= 0.3 is 5.69 Å². The van der Waals surface area contributed by atoms with E-state index in [0.29, 0.717) is 5.52 Å². The fourth-order valence-electron chi connectivity index (χ4n) is 2.06. The highest BCUT2D eigenvalue weighted by Crippen LogP contribution is 2.32. The number of rotatable bonds is 5. The van der Waals surface area contributed by atoms with Crippen LogP contribution in [0.2, 0.25) is 0 Å². The van der Waals surface area contributed by atoms with Crippen molar-refractivity contribution in [3.05, 3.63) is 40.6 Å². The summed E-state index contributed by atoms with van der Waals surface area (Å²) >= 11 is 5.66. The Kier molecular flexibility index (Phi) is 4.43. The first-order valence-corrected chi connectivity index (χ1v) is 8.36. The second-order valence-electron chi connectivity index (χ2n) is 4.79. The molecule has 0 spiro atoms. The number of halogens is 1. The highest BCUT2D eigenvalue weighted by molar-refractivity contribution is 7.91. The van der Waals surface area contributed by atoms with Crippen LogP contribution < -0.4 is 0 Å². The molecule has 0 amide bonds. The largest absolute Gasteiger partial charge is 0.306 e. The fourth-order valence-corrected chi connectivity index (χ4v) is 4.29. The van der Waals surface area contributed by atoms with Crippen molar-refractivity contribution in [3.63, 3.8) is 0 Å². The molecule has 112 valence electrons. The Labute approximate surface area is 126 Å². The Morgan fingerprint density at radius 1 is 1.38 bits per heavy atom. The van der Waals surface area contributed by atoms with E-state index in [2.05, 4.69) is 4.98 Å². The number of hydrogen-bond donors (Lipinski definition) is 0. The van der Waals surface area contributed by atoms with Gasteiger partial charge in [0.05, 0.1) is 16.2 Å². The standard InChI is InChI=1S/C13H13ClN2O4S/c1-9(6-14)8-21(19,20)13-10-4-2-3-5-11(10)15-7-12(13)16(17)18/h2-5,7,9H,6,8H2,1H3. The average Bonchev–Trinajstić information content (AvgIpc) is 2.45. The van der Waals surface area contributed by atoms with Gasteiger partial charge in [-0.25, -0.2) is 13.4 Å². The molecule has 0 aliphatic carbocycles. The van der Waals surface area contributed by atoms with E-state index in [1.165, 1.54) is 6.07 Å². The number of fused-ring (bicyclic) bond motifs is 1. The molecule has 0 radical (unpaired) electrons. The Balaban J connectivity index is 2.75. The van der Waals surface area contributed by atoms with E-state index in [1.807, 2.05) is 0 Å². The first-order chi connectivity index (χ1) is 9.86. The number of sulfone groups is 1. The van der Waals surface area contributed by atoms with E-state index >= 15 is 0 Å². The Morgan fingerprint density at radius 2 is 2.05 bits per heavy atom. The monoisotopic (exact) mass is 328 g/mol. The van der Waals surface area contributed by atoms with Crippen molar-refractivity contribution in [2.75, 3.05) is 11.6 Å². The highest BCUT2D eigenvalue weighted by Gasteiger charge is 2.30. The molecule has 0 saturated heterocycles. The average molecular weight is 329 g/mol. The Bertz CT molecular complexity index is 792. The van der Waals surface area contributed by atoms with E-state index < -0.39 is 20.4 Å². The number of para-hydroxylation sites is 1. The number of benzene rings is 1. The Hall–Kier alpha value is -1.73. The van der Waals surface area contributed by atoms with Crippen LogP contribution in [0.5, 0.6) is 0 Å². The normalized spacial score (nSPS) is 13.2. The van der Waals surface area contributed by atoms with Gasteiger partial charge in [-0.1, -0.05) is 25.1 Å². The van der Waals surface area contributed by atoms with Gasteiger partial charge < -0.3 is 0 Å². The van der Waals surface area contributed by atoms with Crippen molar-refractivity contribution in [1.82, 2.24) is 4.98 Å². The van der Waals surface area contributed by atoms with Gasteiger partial charge in [0.15, 0.2) is 14.7 Å². The van der Waals surface area contributed by atoms with Crippen LogP contribution >= 0.6 is 11.6 Å². The van der Waals surface area contributed by atoms with Gasteiger partial charge in [-0.2, -0.15) is 0 Å². The van der Waals surface area contributed by atoms with Crippen LogP contribution in [0.25, 0.3) is 10.9 Å². The van der Waals surface area contributed by atoms with Crippen LogP contribution in [0, 0.1) is 16.0 Å². The highest BCUT2D eigenvalue weighted by atomic mass is 35.5. The van der Waals surface area contributed by atoms with Crippen LogP contribution in [0.4, 0.5) is 5.69 Å². The molecule has 0 aliphatic heterocycles. The van der Waals surface area contributed by atoms with Gasteiger partial charge in [-0.3, -0.25) is 10.1 Å². The molecule has 0 bridgehead atoms. The van der Waals surface area contributed by atoms with Gasteiger partial charge in [0.2, 0.25) is 0 Å². The lowest BCUT2D eigenvalue weighted by atomic mass is 10.2. The van der Waals surface area contributed by atoms with E-state index in [1.54, 1.807) is 25.1 Å². The molecule has 2 aromatic rings. The SMILES string of the molecule is CC(CCl)CS(=O)(=O)c1c([N+](=O)[O-])cnc2ccccc12. The summed E-state index contributed by atoms with van der Waals surface area (Å²) in [5.41, 5.74) is -0.101. The quantitative estimate of drug-likeness (QED) is 0.478. The summed E-state index contributed by atoms with van der Waals surface area (Å²) in [5.74, 6) is -0.385. The molecule has 8 heteroatoms. The van der Waals surface area contributed by atoms with Crippen molar-refractivity contribution in [3.8, 4) is 0 Å². The summed E-state index contributed by atoms with van der Waals surface area (Å²) < 4.78 is 25.1. The minimum Gasteiger partial charge on any atom is -0.258 e. The topological polar surface area (TPSA) is 90.2 Å². The molecule has 6 nitrogen and oxygen atoms in total. The zero-order valence-electron chi connectivity index (χ0n) is 11.2. The number of pyridine rings is 1. The summed E-state index contributed by atoms with van der Waals surface area (Å²) in [6.07, 6.45) is 0.987. The second-order valence-corrected chi connectivity index (χ2v) is 7.07. The van der Waals surface area contributed by atoms with Crippen molar-refractivity contribution in [1.29, 1.82) is 0 Å². The first kappa shape index (κ1) is 15.7.